The van der Waals surface area contributed by atoms with Crippen LogP contribution < -0.4 is 61.6 Å². The molecule has 16 heteroatoms. The number of rotatable bonds is 14. The topological polar surface area (TPSA) is 184 Å². The molecule has 0 saturated carbocycles. The molecule has 0 saturated heterocycles. The second-order valence-electron chi connectivity index (χ2n) is 16.2. The Morgan fingerprint density at radius 1 is 0.881 bits per heavy atom. The van der Waals surface area contributed by atoms with Gasteiger partial charge in [-0.25, -0.2) is 8.42 Å². The van der Waals surface area contributed by atoms with Crippen molar-refractivity contribution in [2.75, 3.05) is 31.6 Å². The maximum atomic E-state index is 12.5. The van der Waals surface area contributed by atoms with E-state index in [1.165, 1.54) is 36.4 Å². The largest absolute Gasteiger partial charge is 1.00 e. The Hall–Kier alpha value is -3.32. The fourth-order valence-corrected chi connectivity index (χ4v) is 9.32. The Bertz CT molecular complexity index is 2470. The van der Waals surface area contributed by atoms with Gasteiger partial charge in [0, 0.05) is 72.7 Å². The number of nitrogens with one attached hydrogen (secondary N) is 1. The third-order valence-electron chi connectivity index (χ3n) is 11.5. The molecule has 2 aromatic carbocycles. The van der Waals surface area contributed by atoms with Crippen LogP contribution in [-0.4, -0.2) is 85.5 Å². The number of unbranched alkanes of at least 4 members (excludes halogenated alkanes) is 2. The Balaban J connectivity index is 0.00000397. The van der Waals surface area contributed by atoms with Crippen LogP contribution in [0.15, 0.2) is 106 Å². The number of benzene rings is 2. The normalized spacial score (nSPS) is 19.8. The smallest absolute Gasteiger partial charge is 1.00 e. The first-order chi connectivity index (χ1) is 27.2. The summed E-state index contributed by atoms with van der Waals surface area (Å²) < 4.78 is 71.5. The van der Waals surface area contributed by atoms with Gasteiger partial charge in [-0.05, 0) is 99.1 Å². The van der Waals surface area contributed by atoms with E-state index in [1.807, 2.05) is 39.3 Å². The second-order valence-corrected chi connectivity index (χ2v) is 19.0. The zero-order chi connectivity index (χ0) is 42.2. The number of anilines is 1. The summed E-state index contributed by atoms with van der Waals surface area (Å²) in [5.41, 5.74) is 6.32. The molecule has 2 N–H and O–H groups in total. The number of amides is 3. The van der Waals surface area contributed by atoms with Crippen LogP contribution in [0.4, 0.5) is 11.4 Å². The summed E-state index contributed by atoms with van der Waals surface area (Å²) in [4.78, 5) is 38.7. The van der Waals surface area contributed by atoms with E-state index in [4.69, 9.17) is 0 Å². The molecule has 3 aliphatic heterocycles. The summed E-state index contributed by atoms with van der Waals surface area (Å²) in [6, 6.07) is 9.19. The number of imide groups is 1. The van der Waals surface area contributed by atoms with Gasteiger partial charge in [-0.3, -0.25) is 23.8 Å². The Labute approximate surface area is 391 Å². The van der Waals surface area contributed by atoms with E-state index in [2.05, 4.69) is 40.6 Å². The Kier molecular flexibility index (Phi) is 14.5. The Morgan fingerprint density at radius 3 is 2.24 bits per heavy atom. The molecule has 0 fully saturated rings. The number of carbonyl (C=O) groups is 3. The molecule has 13 nitrogen and oxygen atoms in total. The van der Waals surface area contributed by atoms with Crippen LogP contribution in [0.25, 0.3) is 0 Å². The van der Waals surface area contributed by atoms with Crippen molar-refractivity contribution in [2.24, 2.45) is 0 Å². The predicted molar refractivity (Wildman–Crippen MR) is 221 cm³/mol. The van der Waals surface area contributed by atoms with E-state index in [-0.39, 0.29) is 93.4 Å². The van der Waals surface area contributed by atoms with Crippen molar-refractivity contribution < 1.29 is 97.7 Å². The quantitative estimate of drug-likeness (QED) is 0.0942. The van der Waals surface area contributed by atoms with Crippen LogP contribution in [-0.2, 0) is 45.4 Å². The maximum absolute atomic E-state index is 12.5. The third-order valence-corrected chi connectivity index (χ3v) is 13.2. The number of allylic oxidation sites excluding steroid dienone is 8. The molecule has 0 bridgehead atoms. The van der Waals surface area contributed by atoms with Crippen LogP contribution in [0.1, 0.15) is 85.2 Å². The van der Waals surface area contributed by atoms with Crippen LogP contribution in [0.5, 0.6) is 0 Å². The molecule has 0 atom stereocenters. The molecule has 3 amide bonds. The van der Waals surface area contributed by atoms with E-state index < -0.39 is 31.1 Å². The number of fused-ring (bicyclic) bond motifs is 2. The van der Waals surface area contributed by atoms with E-state index in [0.717, 1.165) is 82.1 Å². The summed E-state index contributed by atoms with van der Waals surface area (Å²) in [6.45, 7) is 8.98. The zero-order valence-corrected chi connectivity index (χ0v) is 39.2. The van der Waals surface area contributed by atoms with E-state index in [1.54, 1.807) is 12.1 Å². The third kappa shape index (κ3) is 10.2. The summed E-state index contributed by atoms with van der Waals surface area (Å²) in [5, 5.41) is 2.77. The number of carbonyl (C=O) groups excluding carboxylic acids is 3. The number of nitrogens with zero attached hydrogens (tertiary/aromatic N) is 3. The standard InChI is InChI=1S/C43H50N4O9S2.K.H/c1-42(2)33-27-31(57(51,52)53)15-17-35(33)45(5)37(42)19-13-29-10-9-11-30(26-29)14-20-38-43(3,4)34-28-32(58(54,55)56)16-18-36(34)46(38)24-8-6-7-12-39(48)44-23-25-47-40(49)21-22-41(47)50;;/h13-22,26-28H,6-12,23-25H2,1-5H3,(H2-,44,48,51,52,53,54,55,56);;/q;+1;-1. The average Bonchev–Trinajstić information content (AvgIpc) is 3.66. The Morgan fingerprint density at radius 2 is 1.56 bits per heavy atom. The molecule has 0 unspecified atom stereocenters. The minimum absolute atomic E-state index is 0. The summed E-state index contributed by atoms with van der Waals surface area (Å²) in [5.74, 6) is -0.938. The zero-order valence-electron chi connectivity index (χ0n) is 35.4. The maximum Gasteiger partial charge on any atom is 1.00 e. The molecular formula is C43H51KN4O9S2. The van der Waals surface area contributed by atoms with Crippen LogP contribution >= 0.6 is 0 Å². The van der Waals surface area contributed by atoms with Crippen molar-refractivity contribution in [1.82, 2.24) is 10.2 Å². The van der Waals surface area contributed by atoms with Crippen molar-refractivity contribution in [3.8, 4) is 0 Å². The first-order valence-electron chi connectivity index (χ1n) is 19.4. The van der Waals surface area contributed by atoms with Gasteiger partial charge >= 0.3 is 51.4 Å². The van der Waals surface area contributed by atoms with E-state index >= 15 is 0 Å². The number of hydrogen-bond donors (Lipinski definition) is 2. The second kappa shape index (κ2) is 18.3. The van der Waals surface area contributed by atoms with Crippen LogP contribution in [0.2, 0.25) is 0 Å². The van der Waals surface area contributed by atoms with Crippen molar-refractivity contribution in [3.05, 3.63) is 107 Å². The van der Waals surface area contributed by atoms with Gasteiger partial charge in [0.05, 0.1) is 15.2 Å². The minimum atomic E-state index is -4.67. The van der Waals surface area contributed by atoms with Gasteiger partial charge in [-0.15, -0.1) is 0 Å². The van der Waals surface area contributed by atoms with Gasteiger partial charge in [0.15, 0.2) is 5.71 Å². The van der Waals surface area contributed by atoms with Crippen molar-refractivity contribution >= 4 is 55.0 Å². The molecule has 2 aromatic rings. The first kappa shape index (κ1) is 46.7. The van der Waals surface area contributed by atoms with Crippen molar-refractivity contribution in [2.45, 2.75) is 93.3 Å². The van der Waals surface area contributed by atoms with Gasteiger partial charge in [0.2, 0.25) is 11.6 Å². The SMILES string of the molecule is C[N+]1=C(C=CC2=CC(=CC=C3N(CCCCCC(=O)NCCN4C(=O)C=CC4=O)c4ccc(S(=O)(=O)[O-])cc4C3(C)C)CCC2)C(C)(C)c2cc(S(=O)(=O)O)ccc21.[H-].[K+]. The molecule has 3 heterocycles. The fourth-order valence-electron chi connectivity index (χ4n) is 8.32. The molecule has 0 aromatic heterocycles. The van der Waals surface area contributed by atoms with Gasteiger partial charge in [-0.2, -0.15) is 13.0 Å². The molecule has 0 spiro atoms. The first-order valence-corrected chi connectivity index (χ1v) is 22.3. The monoisotopic (exact) mass is 870 g/mol. The van der Waals surface area contributed by atoms with Gasteiger partial charge in [0.25, 0.3) is 21.9 Å². The summed E-state index contributed by atoms with van der Waals surface area (Å²) in [7, 11) is -7.07. The number of hydrogen-bond acceptors (Lipinski definition) is 9. The molecule has 59 heavy (non-hydrogen) atoms. The van der Waals surface area contributed by atoms with Gasteiger partial charge < -0.3 is 16.2 Å². The molecule has 310 valence electrons. The van der Waals surface area contributed by atoms with Crippen LogP contribution in [0.3, 0.4) is 0 Å². The van der Waals surface area contributed by atoms with Crippen molar-refractivity contribution in [3.63, 3.8) is 0 Å². The summed E-state index contributed by atoms with van der Waals surface area (Å²) in [6.07, 6.45) is 18.0. The molecule has 0 radical (unpaired) electrons. The fraction of sp³-hybridized carbons (Fsp3) is 0.395. The minimum Gasteiger partial charge on any atom is -1.00 e. The molecule has 4 aliphatic rings. The summed E-state index contributed by atoms with van der Waals surface area (Å²) >= 11 is 0. The van der Waals surface area contributed by atoms with Crippen LogP contribution in [0, 0.1) is 0 Å². The molecule has 6 rings (SSSR count). The van der Waals surface area contributed by atoms with E-state index in [9.17, 15) is 40.3 Å². The molecular weight excluding hydrogens is 820 g/mol. The van der Waals surface area contributed by atoms with Gasteiger partial charge in [-0.1, -0.05) is 38.5 Å². The predicted octanol–water partition coefficient (Wildman–Crippen LogP) is 2.84. The van der Waals surface area contributed by atoms with Gasteiger partial charge in [0.1, 0.15) is 17.2 Å². The van der Waals surface area contributed by atoms with E-state index in [0.29, 0.717) is 19.4 Å². The average molecular weight is 871 g/mol. The molecule has 1 aliphatic carbocycles. The van der Waals surface area contributed by atoms with Crippen molar-refractivity contribution in [1.29, 1.82) is 0 Å².